The highest BCUT2D eigenvalue weighted by atomic mass is 32.2. The minimum absolute atomic E-state index is 0.0836. The van der Waals surface area contributed by atoms with E-state index in [1.807, 2.05) is 0 Å². The first-order chi connectivity index (χ1) is 12.6. The number of nitrogen functional groups attached to an aromatic ring is 2. The van der Waals surface area contributed by atoms with Crippen LogP contribution in [-0.2, 0) is 20.0 Å². The smallest absolute Gasteiger partial charge is 0.294 e. The number of nitrogens with two attached hydrogens (primary N) is 2. The Bertz CT molecular complexity index is 1220. The molecule has 0 bridgehead atoms. The van der Waals surface area contributed by atoms with Crippen LogP contribution in [0.3, 0.4) is 0 Å². The molecule has 0 heterocycles. The van der Waals surface area contributed by atoms with Crippen LogP contribution in [0.25, 0.3) is 11.1 Å². The van der Waals surface area contributed by atoms with Crippen LogP contribution in [0.15, 0.2) is 81.4 Å². The molecule has 0 atom stereocenters. The van der Waals surface area contributed by atoms with Crippen LogP contribution in [0.5, 0.6) is 0 Å². The molecule has 0 saturated heterocycles. The zero-order chi connectivity index (χ0) is 19.8. The van der Waals surface area contributed by atoms with Crippen molar-refractivity contribution in [3.05, 3.63) is 66.7 Å². The van der Waals surface area contributed by atoms with Crippen molar-refractivity contribution in [1.82, 2.24) is 0 Å². The van der Waals surface area contributed by atoms with Crippen molar-refractivity contribution < 1.29 is 21.4 Å². The van der Waals surface area contributed by atoms with Gasteiger partial charge in [-0.25, -0.2) is 8.42 Å². The molecule has 3 rings (SSSR count). The van der Waals surface area contributed by atoms with Crippen molar-refractivity contribution in [2.45, 2.75) is 14.7 Å². The summed E-state index contributed by atoms with van der Waals surface area (Å²) in [4.78, 5) is -0.874. The molecule has 0 radical (unpaired) electrons. The van der Waals surface area contributed by atoms with Crippen molar-refractivity contribution >= 4 is 31.3 Å². The number of hydrogen-bond acceptors (Lipinski definition) is 6. The summed E-state index contributed by atoms with van der Waals surface area (Å²) in [6.45, 7) is 0. The van der Waals surface area contributed by atoms with E-state index in [4.69, 9.17) is 11.5 Å². The second kappa shape index (κ2) is 6.69. The van der Waals surface area contributed by atoms with Crippen molar-refractivity contribution in [3.63, 3.8) is 0 Å². The van der Waals surface area contributed by atoms with Gasteiger partial charge in [-0.05, 0) is 48.0 Å². The normalized spacial score (nSPS) is 12.0. The van der Waals surface area contributed by atoms with E-state index in [2.05, 4.69) is 0 Å². The maximum absolute atomic E-state index is 13.2. The van der Waals surface area contributed by atoms with Crippen molar-refractivity contribution in [2.75, 3.05) is 11.5 Å². The number of rotatable bonds is 4. The summed E-state index contributed by atoms with van der Waals surface area (Å²) in [5.74, 6) is 0. The van der Waals surface area contributed by atoms with Gasteiger partial charge < -0.3 is 11.5 Å². The molecular formula is C18H16N2O5S2. The number of anilines is 2. The third-order valence-corrected chi connectivity index (χ3v) is 6.57. The highest BCUT2D eigenvalue weighted by Crippen LogP contribution is 2.34. The van der Waals surface area contributed by atoms with E-state index >= 15 is 0 Å². The minimum atomic E-state index is -4.55. The standard InChI is InChI=1S/C18H16N2O5S2/c19-13-6-4-12(5-7-13)17-9-8-14(20)10-18(17)26(21,22)15-2-1-3-16(11-15)27(23,24)25/h1-11H,19-20H2,(H,23,24,25). The van der Waals surface area contributed by atoms with Crippen molar-refractivity contribution in [3.8, 4) is 11.1 Å². The third-order valence-electron chi connectivity index (χ3n) is 3.93. The number of sulfone groups is 1. The Hall–Kier alpha value is -2.88. The molecule has 0 unspecified atom stereocenters. The molecule has 0 aliphatic carbocycles. The van der Waals surface area contributed by atoms with Gasteiger partial charge in [0.15, 0.2) is 0 Å². The Morgan fingerprint density at radius 3 is 1.93 bits per heavy atom. The van der Waals surface area contributed by atoms with E-state index in [0.29, 0.717) is 16.8 Å². The Morgan fingerprint density at radius 1 is 0.704 bits per heavy atom. The highest BCUT2D eigenvalue weighted by molar-refractivity contribution is 7.91. The lowest BCUT2D eigenvalue weighted by molar-refractivity contribution is 0.483. The van der Waals surface area contributed by atoms with Crippen LogP contribution in [0, 0.1) is 0 Å². The maximum atomic E-state index is 13.2. The Labute approximate surface area is 156 Å². The average Bonchev–Trinajstić information content (AvgIpc) is 2.62. The van der Waals surface area contributed by atoms with Gasteiger partial charge in [-0.1, -0.05) is 24.3 Å². The summed E-state index contributed by atoms with van der Waals surface area (Å²) in [6, 6.07) is 15.6. The Morgan fingerprint density at radius 2 is 1.30 bits per heavy atom. The van der Waals surface area contributed by atoms with Crippen LogP contribution in [-0.4, -0.2) is 21.4 Å². The summed E-state index contributed by atoms with van der Waals surface area (Å²) in [7, 11) is -8.67. The van der Waals surface area contributed by atoms with Crippen LogP contribution >= 0.6 is 0 Å². The first-order valence-electron chi connectivity index (χ1n) is 7.67. The summed E-state index contributed by atoms with van der Waals surface area (Å²) in [5, 5.41) is 0. The zero-order valence-electron chi connectivity index (χ0n) is 13.9. The molecule has 0 saturated carbocycles. The molecule has 0 aliphatic rings. The summed E-state index contributed by atoms with van der Waals surface area (Å²) < 4.78 is 58.2. The largest absolute Gasteiger partial charge is 0.399 e. The van der Waals surface area contributed by atoms with Gasteiger partial charge in [0.1, 0.15) is 0 Å². The van der Waals surface area contributed by atoms with Gasteiger partial charge in [0, 0.05) is 16.9 Å². The van der Waals surface area contributed by atoms with Gasteiger partial charge >= 0.3 is 0 Å². The SMILES string of the molecule is Nc1ccc(-c2ccc(N)cc2S(=O)(=O)c2cccc(S(=O)(=O)O)c2)cc1. The van der Waals surface area contributed by atoms with E-state index in [-0.39, 0.29) is 15.5 Å². The predicted octanol–water partition coefficient (Wildman–Crippen LogP) is 2.60. The van der Waals surface area contributed by atoms with Gasteiger partial charge in [0.05, 0.1) is 14.7 Å². The number of hydrogen-bond donors (Lipinski definition) is 3. The predicted molar refractivity (Wildman–Crippen MR) is 102 cm³/mol. The van der Waals surface area contributed by atoms with Crippen LogP contribution in [0.2, 0.25) is 0 Å². The molecule has 0 fully saturated rings. The first kappa shape index (κ1) is 18.9. The topological polar surface area (TPSA) is 141 Å². The van der Waals surface area contributed by atoms with Crippen LogP contribution in [0.4, 0.5) is 11.4 Å². The number of benzene rings is 3. The fourth-order valence-electron chi connectivity index (χ4n) is 2.59. The second-order valence-corrected chi connectivity index (χ2v) is 9.17. The van der Waals surface area contributed by atoms with Crippen LogP contribution < -0.4 is 11.5 Å². The molecule has 0 aromatic heterocycles. The summed E-state index contributed by atoms with van der Waals surface area (Å²) in [6.07, 6.45) is 0. The van der Waals surface area contributed by atoms with Gasteiger partial charge in [0.25, 0.3) is 10.1 Å². The lowest BCUT2D eigenvalue weighted by atomic mass is 10.1. The lowest BCUT2D eigenvalue weighted by Crippen LogP contribution is -2.07. The quantitative estimate of drug-likeness (QED) is 0.448. The fourth-order valence-corrected chi connectivity index (χ4v) is 4.75. The summed E-state index contributed by atoms with van der Waals surface area (Å²) in [5.41, 5.74) is 13.2. The zero-order valence-corrected chi connectivity index (χ0v) is 15.5. The molecule has 3 aromatic carbocycles. The minimum Gasteiger partial charge on any atom is -0.399 e. The highest BCUT2D eigenvalue weighted by Gasteiger charge is 2.24. The Kier molecular flexibility index (Phi) is 4.68. The third kappa shape index (κ3) is 3.80. The molecule has 5 N–H and O–H groups in total. The van der Waals surface area contributed by atoms with E-state index in [9.17, 15) is 21.4 Å². The monoisotopic (exact) mass is 404 g/mol. The molecule has 0 spiro atoms. The summed E-state index contributed by atoms with van der Waals surface area (Å²) >= 11 is 0. The molecule has 27 heavy (non-hydrogen) atoms. The first-order valence-corrected chi connectivity index (χ1v) is 10.6. The van der Waals surface area contributed by atoms with Gasteiger partial charge in [-0.2, -0.15) is 8.42 Å². The Balaban J connectivity index is 2.24. The molecule has 3 aromatic rings. The van der Waals surface area contributed by atoms with Gasteiger partial charge in [0.2, 0.25) is 9.84 Å². The molecular weight excluding hydrogens is 388 g/mol. The molecule has 0 aliphatic heterocycles. The van der Waals surface area contributed by atoms with Gasteiger partial charge in [-0.15, -0.1) is 0 Å². The molecule has 9 heteroatoms. The lowest BCUT2D eigenvalue weighted by Gasteiger charge is -2.13. The van der Waals surface area contributed by atoms with Gasteiger partial charge in [-0.3, -0.25) is 4.55 Å². The molecule has 0 amide bonds. The van der Waals surface area contributed by atoms with E-state index in [1.54, 1.807) is 36.4 Å². The molecule has 7 nitrogen and oxygen atoms in total. The second-order valence-electron chi connectivity index (χ2n) is 5.83. The average molecular weight is 404 g/mol. The van der Waals surface area contributed by atoms with E-state index < -0.39 is 24.9 Å². The fraction of sp³-hybridized carbons (Fsp3) is 0. The van der Waals surface area contributed by atoms with E-state index in [1.165, 1.54) is 18.2 Å². The van der Waals surface area contributed by atoms with Crippen LogP contribution in [0.1, 0.15) is 0 Å². The maximum Gasteiger partial charge on any atom is 0.294 e. The molecule has 140 valence electrons. The van der Waals surface area contributed by atoms with E-state index in [0.717, 1.165) is 12.1 Å². The van der Waals surface area contributed by atoms with Crippen molar-refractivity contribution in [1.29, 1.82) is 0 Å². The van der Waals surface area contributed by atoms with Crippen molar-refractivity contribution in [2.24, 2.45) is 0 Å².